The second-order valence-corrected chi connectivity index (χ2v) is 3.52. The third-order valence-electron chi connectivity index (χ3n) is 2.06. The lowest BCUT2D eigenvalue weighted by molar-refractivity contribution is -0.184. The van der Waals surface area contributed by atoms with Crippen LogP contribution in [0.25, 0.3) is 0 Å². The van der Waals surface area contributed by atoms with Gasteiger partial charge in [-0.15, -0.1) is 0 Å². The van der Waals surface area contributed by atoms with E-state index >= 15 is 0 Å². The van der Waals surface area contributed by atoms with Crippen LogP contribution in [0.4, 0.5) is 5.82 Å². The van der Waals surface area contributed by atoms with Crippen LogP contribution in [0, 0.1) is 0 Å². The second-order valence-electron chi connectivity index (χ2n) is 3.11. The second kappa shape index (κ2) is 2.83. The molecule has 0 aromatic carbocycles. The predicted octanol–water partition coefficient (Wildman–Crippen LogP) is 0.535. The fourth-order valence-electron chi connectivity index (χ4n) is 1.26. The smallest absolute Gasteiger partial charge is 0.138 e. The molecule has 0 unspecified atom stereocenters. The average Bonchev–Trinajstić information content (AvgIpc) is 2.05. The number of pyridine rings is 1. The summed E-state index contributed by atoms with van der Waals surface area (Å²) < 4.78 is 4.92. The molecule has 5 heteroatoms. The maximum absolute atomic E-state index is 9.89. The lowest BCUT2D eigenvalue weighted by Crippen LogP contribution is -2.46. The van der Waals surface area contributed by atoms with Crippen LogP contribution in [0.2, 0.25) is 5.02 Å². The Morgan fingerprint density at radius 1 is 1.62 bits per heavy atom. The molecule has 3 N–H and O–H groups in total. The number of nitrogens with zero attached hydrogens (tertiary/aromatic N) is 1. The number of anilines is 1. The molecule has 13 heavy (non-hydrogen) atoms. The van der Waals surface area contributed by atoms with Gasteiger partial charge < -0.3 is 15.6 Å². The molecule has 70 valence electrons. The number of aromatic nitrogens is 1. The molecule has 0 saturated carbocycles. The highest BCUT2D eigenvalue weighted by molar-refractivity contribution is 6.31. The number of ether oxygens (including phenoxy) is 1. The minimum atomic E-state index is -0.978. The van der Waals surface area contributed by atoms with E-state index in [-0.39, 0.29) is 13.2 Å². The molecule has 0 spiro atoms. The van der Waals surface area contributed by atoms with E-state index in [1.165, 1.54) is 6.20 Å². The summed E-state index contributed by atoms with van der Waals surface area (Å²) in [6.07, 6.45) is 1.43. The van der Waals surface area contributed by atoms with E-state index in [2.05, 4.69) is 4.98 Å². The number of aliphatic hydroxyl groups is 1. The van der Waals surface area contributed by atoms with Crippen molar-refractivity contribution in [2.75, 3.05) is 18.9 Å². The summed E-state index contributed by atoms with van der Waals surface area (Å²) in [6.45, 7) is 0.520. The Morgan fingerprint density at radius 3 is 2.85 bits per heavy atom. The van der Waals surface area contributed by atoms with Crippen molar-refractivity contribution in [2.45, 2.75) is 5.60 Å². The number of nitrogen functional groups attached to an aromatic ring is 1. The number of rotatable bonds is 1. The Morgan fingerprint density at radius 2 is 2.31 bits per heavy atom. The summed E-state index contributed by atoms with van der Waals surface area (Å²) in [5.74, 6) is 0.347. The van der Waals surface area contributed by atoms with Gasteiger partial charge in [0.25, 0.3) is 0 Å². The van der Waals surface area contributed by atoms with Crippen LogP contribution in [-0.2, 0) is 10.3 Å². The van der Waals surface area contributed by atoms with Crippen LogP contribution < -0.4 is 5.73 Å². The first-order valence-electron chi connectivity index (χ1n) is 3.83. The molecule has 1 aromatic rings. The van der Waals surface area contributed by atoms with Gasteiger partial charge in [0.15, 0.2) is 0 Å². The van der Waals surface area contributed by atoms with Crippen molar-refractivity contribution >= 4 is 17.4 Å². The number of hydrogen-bond acceptors (Lipinski definition) is 4. The van der Waals surface area contributed by atoms with Crippen molar-refractivity contribution in [3.05, 3.63) is 22.8 Å². The quantitative estimate of drug-likeness (QED) is 0.694. The molecule has 0 radical (unpaired) electrons. The van der Waals surface area contributed by atoms with Crippen LogP contribution in [0.15, 0.2) is 12.3 Å². The zero-order valence-corrected chi connectivity index (χ0v) is 7.58. The van der Waals surface area contributed by atoms with Crippen molar-refractivity contribution in [1.29, 1.82) is 0 Å². The first kappa shape index (κ1) is 8.74. The standard InChI is InChI=1S/C8H9ClN2O2/c9-6-2-11-7(10)1-5(6)8(12)3-13-4-8/h1-2,12H,3-4H2,(H2,10,11). The topological polar surface area (TPSA) is 68.4 Å². The first-order valence-corrected chi connectivity index (χ1v) is 4.21. The Balaban J connectivity index is 2.43. The zero-order chi connectivity index (χ0) is 9.47. The van der Waals surface area contributed by atoms with Gasteiger partial charge in [-0.2, -0.15) is 0 Å². The van der Waals surface area contributed by atoms with Gasteiger partial charge in [0.1, 0.15) is 11.4 Å². The molecule has 2 heterocycles. The van der Waals surface area contributed by atoms with E-state index in [9.17, 15) is 5.11 Å². The molecule has 0 amide bonds. The lowest BCUT2D eigenvalue weighted by atomic mass is 9.93. The third kappa shape index (κ3) is 1.37. The van der Waals surface area contributed by atoms with Crippen LogP contribution in [0.3, 0.4) is 0 Å². The van der Waals surface area contributed by atoms with E-state index in [1.807, 2.05) is 0 Å². The Labute approximate surface area is 80.3 Å². The lowest BCUT2D eigenvalue weighted by Gasteiger charge is -2.37. The van der Waals surface area contributed by atoms with Gasteiger partial charge in [0.05, 0.1) is 18.2 Å². The summed E-state index contributed by atoms with van der Waals surface area (Å²) in [6, 6.07) is 1.57. The van der Waals surface area contributed by atoms with E-state index in [4.69, 9.17) is 22.1 Å². The van der Waals surface area contributed by atoms with Crippen LogP contribution in [0.1, 0.15) is 5.56 Å². The molecular weight excluding hydrogens is 192 g/mol. The van der Waals surface area contributed by atoms with E-state index < -0.39 is 5.60 Å². The SMILES string of the molecule is Nc1cc(C2(O)COC2)c(Cl)cn1. The number of halogens is 1. The summed E-state index contributed by atoms with van der Waals surface area (Å²) in [5, 5.41) is 10.3. The minimum absolute atomic E-state index is 0.260. The van der Waals surface area contributed by atoms with Crippen molar-refractivity contribution in [1.82, 2.24) is 4.98 Å². The van der Waals surface area contributed by atoms with Crippen molar-refractivity contribution in [2.24, 2.45) is 0 Å². The largest absolute Gasteiger partial charge is 0.384 e. The normalized spacial score (nSPS) is 19.5. The summed E-state index contributed by atoms with van der Waals surface area (Å²) in [7, 11) is 0. The number of nitrogens with two attached hydrogens (primary N) is 1. The van der Waals surface area contributed by atoms with Gasteiger partial charge >= 0.3 is 0 Å². The van der Waals surface area contributed by atoms with E-state index in [0.29, 0.717) is 16.4 Å². The molecule has 1 fully saturated rings. The Kier molecular flexibility index (Phi) is 1.91. The molecule has 0 bridgehead atoms. The van der Waals surface area contributed by atoms with Crippen LogP contribution in [0.5, 0.6) is 0 Å². The highest BCUT2D eigenvalue weighted by Crippen LogP contribution is 2.34. The maximum Gasteiger partial charge on any atom is 0.138 e. The highest BCUT2D eigenvalue weighted by atomic mass is 35.5. The fourth-order valence-corrected chi connectivity index (χ4v) is 1.54. The van der Waals surface area contributed by atoms with Gasteiger partial charge in [-0.25, -0.2) is 4.98 Å². The minimum Gasteiger partial charge on any atom is -0.384 e. The van der Waals surface area contributed by atoms with Gasteiger partial charge in [-0.05, 0) is 6.07 Å². The summed E-state index contributed by atoms with van der Waals surface area (Å²) in [5.41, 5.74) is 5.09. The summed E-state index contributed by atoms with van der Waals surface area (Å²) >= 11 is 5.86. The Hall–Kier alpha value is -0.840. The monoisotopic (exact) mass is 200 g/mol. The molecule has 1 saturated heterocycles. The van der Waals surface area contributed by atoms with E-state index in [1.54, 1.807) is 6.07 Å². The van der Waals surface area contributed by atoms with Gasteiger partial charge in [-0.3, -0.25) is 0 Å². The molecular formula is C8H9ClN2O2. The molecule has 2 rings (SSSR count). The van der Waals surface area contributed by atoms with Crippen molar-refractivity contribution < 1.29 is 9.84 Å². The van der Waals surface area contributed by atoms with Crippen molar-refractivity contribution in [3.8, 4) is 0 Å². The fraction of sp³-hybridized carbons (Fsp3) is 0.375. The number of hydrogen-bond donors (Lipinski definition) is 2. The molecule has 0 aliphatic carbocycles. The average molecular weight is 201 g/mol. The van der Waals surface area contributed by atoms with Gasteiger partial charge in [-0.1, -0.05) is 11.6 Å². The van der Waals surface area contributed by atoms with Crippen LogP contribution in [-0.4, -0.2) is 23.3 Å². The first-order chi connectivity index (χ1) is 6.12. The molecule has 4 nitrogen and oxygen atoms in total. The highest BCUT2D eigenvalue weighted by Gasteiger charge is 2.39. The summed E-state index contributed by atoms with van der Waals surface area (Å²) in [4.78, 5) is 3.81. The maximum atomic E-state index is 9.89. The third-order valence-corrected chi connectivity index (χ3v) is 2.36. The molecule has 0 atom stereocenters. The van der Waals surface area contributed by atoms with Gasteiger partial charge in [0.2, 0.25) is 0 Å². The molecule has 1 aromatic heterocycles. The Bertz CT molecular complexity index is 339. The van der Waals surface area contributed by atoms with Crippen LogP contribution >= 0.6 is 11.6 Å². The van der Waals surface area contributed by atoms with Gasteiger partial charge in [0, 0.05) is 11.8 Å². The zero-order valence-electron chi connectivity index (χ0n) is 6.83. The predicted molar refractivity (Wildman–Crippen MR) is 48.4 cm³/mol. The molecule has 1 aliphatic rings. The van der Waals surface area contributed by atoms with E-state index in [0.717, 1.165) is 0 Å². The molecule has 1 aliphatic heterocycles. The van der Waals surface area contributed by atoms with Crippen molar-refractivity contribution in [3.63, 3.8) is 0 Å².